The van der Waals surface area contributed by atoms with Crippen molar-refractivity contribution in [2.45, 2.75) is 0 Å². The topological polar surface area (TPSA) is 70.5 Å². The molecule has 0 aromatic carbocycles. The molecular weight excluding hydrogens is 240 g/mol. The van der Waals surface area contributed by atoms with Crippen LogP contribution < -0.4 is 0 Å². The number of nitrogens with zero attached hydrogens (tertiary/aromatic N) is 2. The Hall–Kier alpha value is -1.56. The standard InChI is InChI=1S/C11H12N2O3S/c14-10(13-3-5-17-6-4-13)8-1-2-12-9(7-8)11(15)16/h1-2,7H,3-6H2,(H,15,16). The van der Waals surface area contributed by atoms with Gasteiger partial charge < -0.3 is 10.0 Å². The number of carboxylic acid groups (broad SMARTS) is 1. The summed E-state index contributed by atoms with van der Waals surface area (Å²) in [6.45, 7) is 1.43. The van der Waals surface area contributed by atoms with E-state index in [2.05, 4.69) is 4.98 Å². The zero-order valence-corrected chi connectivity index (χ0v) is 9.94. The summed E-state index contributed by atoms with van der Waals surface area (Å²) < 4.78 is 0. The number of carbonyl (C=O) groups excluding carboxylic acids is 1. The van der Waals surface area contributed by atoms with Crippen LogP contribution in [0.1, 0.15) is 20.8 Å². The van der Waals surface area contributed by atoms with Crippen molar-refractivity contribution < 1.29 is 14.7 Å². The summed E-state index contributed by atoms with van der Waals surface area (Å²) >= 11 is 1.82. The van der Waals surface area contributed by atoms with Crippen LogP contribution in [0.25, 0.3) is 0 Å². The maximum atomic E-state index is 12.1. The molecule has 0 radical (unpaired) electrons. The van der Waals surface area contributed by atoms with Gasteiger partial charge in [-0.3, -0.25) is 4.79 Å². The van der Waals surface area contributed by atoms with E-state index in [0.29, 0.717) is 18.7 Å². The van der Waals surface area contributed by atoms with E-state index < -0.39 is 5.97 Å². The van der Waals surface area contributed by atoms with Crippen LogP contribution in [-0.4, -0.2) is 51.5 Å². The van der Waals surface area contributed by atoms with Gasteiger partial charge in [0.05, 0.1) is 0 Å². The lowest BCUT2D eigenvalue weighted by atomic mass is 10.2. The highest BCUT2D eigenvalue weighted by atomic mass is 32.2. The number of hydrogen-bond acceptors (Lipinski definition) is 4. The van der Waals surface area contributed by atoms with Crippen LogP contribution in [0.3, 0.4) is 0 Å². The van der Waals surface area contributed by atoms with Crippen LogP contribution in [0.5, 0.6) is 0 Å². The van der Waals surface area contributed by atoms with Gasteiger partial charge in [-0.2, -0.15) is 11.8 Å². The maximum absolute atomic E-state index is 12.1. The molecule has 17 heavy (non-hydrogen) atoms. The van der Waals surface area contributed by atoms with Crippen molar-refractivity contribution in [1.29, 1.82) is 0 Å². The average molecular weight is 252 g/mol. The second-order valence-corrected chi connectivity index (χ2v) is 4.86. The van der Waals surface area contributed by atoms with Crippen molar-refractivity contribution in [2.24, 2.45) is 0 Å². The molecule has 0 unspecified atom stereocenters. The molecule has 1 amide bonds. The first-order valence-corrected chi connectivity index (χ1v) is 6.40. The van der Waals surface area contributed by atoms with Crippen LogP contribution in [0, 0.1) is 0 Å². The highest BCUT2D eigenvalue weighted by Gasteiger charge is 2.19. The molecule has 0 saturated carbocycles. The van der Waals surface area contributed by atoms with Crippen molar-refractivity contribution >= 4 is 23.6 Å². The minimum atomic E-state index is -1.12. The Morgan fingerprint density at radius 1 is 1.35 bits per heavy atom. The van der Waals surface area contributed by atoms with Crippen molar-refractivity contribution in [3.05, 3.63) is 29.6 Å². The SMILES string of the molecule is O=C(O)c1cc(C(=O)N2CCSCC2)ccn1. The largest absolute Gasteiger partial charge is 0.477 e. The second-order valence-electron chi connectivity index (χ2n) is 3.64. The molecule has 1 aliphatic rings. The Morgan fingerprint density at radius 2 is 2.06 bits per heavy atom. The number of carboxylic acids is 1. The number of thioether (sulfide) groups is 1. The zero-order chi connectivity index (χ0) is 12.3. The molecule has 0 spiro atoms. The summed E-state index contributed by atoms with van der Waals surface area (Å²) in [5.74, 6) is 0.634. The fraction of sp³-hybridized carbons (Fsp3) is 0.364. The highest BCUT2D eigenvalue weighted by Crippen LogP contribution is 2.13. The molecule has 5 nitrogen and oxygen atoms in total. The monoisotopic (exact) mass is 252 g/mol. The third-order valence-electron chi connectivity index (χ3n) is 2.52. The fourth-order valence-electron chi connectivity index (χ4n) is 1.63. The minimum absolute atomic E-state index is 0.0952. The molecule has 1 aromatic heterocycles. The summed E-state index contributed by atoms with van der Waals surface area (Å²) in [7, 11) is 0. The van der Waals surface area contributed by atoms with Crippen LogP contribution in [0.4, 0.5) is 0 Å². The maximum Gasteiger partial charge on any atom is 0.354 e. The van der Waals surface area contributed by atoms with Crippen LogP contribution >= 0.6 is 11.8 Å². The summed E-state index contributed by atoms with van der Waals surface area (Å²) in [4.78, 5) is 28.3. The summed E-state index contributed by atoms with van der Waals surface area (Å²) in [6, 6.07) is 2.88. The molecule has 2 heterocycles. The first-order valence-electron chi connectivity index (χ1n) is 5.25. The Kier molecular flexibility index (Phi) is 3.63. The lowest BCUT2D eigenvalue weighted by molar-refractivity contribution is 0.0690. The van der Waals surface area contributed by atoms with E-state index in [9.17, 15) is 9.59 Å². The Balaban J connectivity index is 2.18. The van der Waals surface area contributed by atoms with Gasteiger partial charge in [-0.05, 0) is 12.1 Å². The first-order chi connectivity index (χ1) is 8.18. The first kappa shape index (κ1) is 11.9. The average Bonchev–Trinajstić information content (AvgIpc) is 2.39. The lowest BCUT2D eigenvalue weighted by Crippen LogP contribution is -2.38. The summed E-state index contributed by atoms with van der Waals surface area (Å²) in [5, 5.41) is 8.81. The van der Waals surface area contributed by atoms with E-state index in [1.54, 1.807) is 11.0 Å². The van der Waals surface area contributed by atoms with E-state index in [1.807, 2.05) is 11.8 Å². The van der Waals surface area contributed by atoms with Gasteiger partial charge in [-0.1, -0.05) is 0 Å². The third kappa shape index (κ3) is 2.76. The van der Waals surface area contributed by atoms with Crippen molar-refractivity contribution in [2.75, 3.05) is 24.6 Å². The number of pyridine rings is 1. The summed E-state index contributed by atoms with van der Waals surface area (Å²) in [5.41, 5.74) is 0.298. The predicted molar refractivity (Wildman–Crippen MR) is 64.4 cm³/mol. The van der Waals surface area contributed by atoms with E-state index in [4.69, 9.17) is 5.11 Å². The van der Waals surface area contributed by atoms with Crippen molar-refractivity contribution in [3.63, 3.8) is 0 Å². The second kappa shape index (κ2) is 5.18. The third-order valence-corrected chi connectivity index (χ3v) is 3.47. The quantitative estimate of drug-likeness (QED) is 0.849. The normalized spacial score (nSPS) is 15.6. The van der Waals surface area contributed by atoms with E-state index in [1.165, 1.54) is 12.3 Å². The molecule has 6 heteroatoms. The molecule has 1 fully saturated rings. The van der Waals surface area contributed by atoms with E-state index >= 15 is 0 Å². The Labute approximate surface area is 103 Å². The highest BCUT2D eigenvalue weighted by molar-refractivity contribution is 7.99. The lowest BCUT2D eigenvalue weighted by Gasteiger charge is -2.26. The number of carbonyl (C=O) groups is 2. The van der Waals surface area contributed by atoms with E-state index in [-0.39, 0.29) is 11.6 Å². The molecule has 1 saturated heterocycles. The van der Waals surface area contributed by atoms with Gasteiger partial charge >= 0.3 is 5.97 Å². The Bertz CT molecular complexity index is 444. The van der Waals surface area contributed by atoms with Gasteiger partial charge in [-0.15, -0.1) is 0 Å². The van der Waals surface area contributed by atoms with Gasteiger partial charge in [0.25, 0.3) is 5.91 Å². The molecule has 90 valence electrons. The molecule has 1 aromatic rings. The molecule has 2 rings (SSSR count). The van der Waals surface area contributed by atoms with Crippen LogP contribution in [0.2, 0.25) is 0 Å². The molecule has 1 N–H and O–H groups in total. The smallest absolute Gasteiger partial charge is 0.354 e. The van der Waals surface area contributed by atoms with Gasteiger partial charge in [0.2, 0.25) is 0 Å². The number of rotatable bonds is 2. The number of aromatic nitrogens is 1. The predicted octanol–water partition coefficient (Wildman–Crippen LogP) is 0.969. The van der Waals surface area contributed by atoms with Gasteiger partial charge in [0.1, 0.15) is 5.69 Å². The molecule has 0 bridgehead atoms. The van der Waals surface area contributed by atoms with Gasteiger partial charge in [0, 0.05) is 36.4 Å². The van der Waals surface area contributed by atoms with E-state index in [0.717, 1.165) is 11.5 Å². The van der Waals surface area contributed by atoms with Crippen molar-refractivity contribution in [1.82, 2.24) is 9.88 Å². The Morgan fingerprint density at radius 3 is 2.71 bits per heavy atom. The van der Waals surface area contributed by atoms with Crippen molar-refractivity contribution in [3.8, 4) is 0 Å². The summed E-state index contributed by atoms with van der Waals surface area (Å²) in [6.07, 6.45) is 1.36. The van der Waals surface area contributed by atoms with Gasteiger partial charge in [-0.25, -0.2) is 9.78 Å². The number of aromatic carboxylic acids is 1. The molecule has 0 aliphatic carbocycles. The number of hydrogen-bond donors (Lipinski definition) is 1. The zero-order valence-electron chi connectivity index (χ0n) is 9.13. The van der Waals surface area contributed by atoms with Crippen LogP contribution in [-0.2, 0) is 0 Å². The van der Waals surface area contributed by atoms with Gasteiger partial charge in [0.15, 0.2) is 0 Å². The molecular formula is C11H12N2O3S. The minimum Gasteiger partial charge on any atom is -0.477 e. The molecule has 0 atom stereocenters. The fourth-order valence-corrected chi connectivity index (χ4v) is 2.53. The molecule has 1 aliphatic heterocycles. The van der Waals surface area contributed by atoms with Crippen LogP contribution in [0.15, 0.2) is 18.3 Å². The number of amides is 1.